The molecule has 7 heteroatoms. The third kappa shape index (κ3) is 3.56. The summed E-state index contributed by atoms with van der Waals surface area (Å²) in [5.74, 6) is 2.62. The van der Waals surface area contributed by atoms with Crippen LogP contribution in [0, 0.1) is 5.41 Å². The quantitative estimate of drug-likeness (QED) is 0.313. The highest BCUT2D eigenvalue weighted by Gasteiger charge is 2.20. The van der Waals surface area contributed by atoms with E-state index in [1.165, 1.54) is 0 Å². The Morgan fingerprint density at radius 2 is 1.56 bits per heavy atom. The summed E-state index contributed by atoms with van der Waals surface area (Å²) in [6, 6.07) is 22.5. The standard InChI is InChI=1S/C25H20N4O3/c26-23-22(25(27)28)19(13-29-24(23)16-8-11-20-21(12-16)31-14-30-20)15-6-9-18(10-7-15)32-17-4-2-1-3-5-17/h1-13H,14,26H2,(H3,27,28). The Bertz CT molecular complexity index is 1310. The number of nitrogens with two attached hydrogens (primary N) is 2. The molecule has 0 fully saturated rings. The van der Waals surface area contributed by atoms with Crippen LogP contribution >= 0.6 is 0 Å². The van der Waals surface area contributed by atoms with Crippen LogP contribution in [0.15, 0.2) is 79.0 Å². The highest BCUT2D eigenvalue weighted by molar-refractivity contribution is 6.08. The smallest absolute Gasteiger partial charge is 0.231 e. The number of pyridine rings is 1. The summed E-state index contributed by atoms with van der Waals surface area (Å²) in [6.45, 7) is 0.184. The van der Waals surface area contributed by atoms with Crippen LogP contribution < -0.4 is 25.7 Å². The minimum atomic E-state index is -0.133. The van der Waals surface area contributed by atoms with Crippen molar-refractivity contribution in [2.24, 2.45) is 5.73 Å². The van der Waals surface area contributed by atoms with Gasteiger partial charge in [0.25, 0.3) is 0 Å². The number of amidine groups is 1. The van der Waals surface area contributed by atoms with Crippen molar-refractivity contribution < 1.29 is 14.2 Å². The maximum atomic E-state index is 8.14. The fourth-order valence-corrected chi connectivity index (χ4v) is 3.64. The molecule has 0 radical (unpaired) electrons. The number of nitrogens with zero attached hydrogens (tertiary/aromatic N) is 1. The zero-order valence-corrected chi connectivity index (χ0v) is 17.0. The van der Waals surface area contributed by atoms with Crippen molar-refractivity contribution in [3.8, 4) is 45.4 Å². The minimum absolute atomic E-state index is 0.133. The van der Waals surface area contributed by atoms with E-state index < -0.39 is 0 Å². The maximum absolute atomic E-state index is 8.14. The highest BCUT2D eigenvalue weighted by Crippen LogP contribution is 2.39. The number of anilines is 1. The van der Waals surface area contributed by atoms with Crippen LogP contribution in [-0.2, 0) is 0 Å². The van der Waals surface area contributed by atoms with Crippen LogP contribution in [0.3, 0.4) is 0 Å². The SMILES string of the molecule is N=C(N)c1c(-c2ccc(Oc3ccccc3)cc2)cnc(-c2ccc3c(c2)OCO3)c1N. The second-order valence-electron chi connectivity index (χ2n) is 7.23. The molecule has 2 heterocycles. The molecule has 0 aliphatic carbocycles. The molecule has 4 aromatic rings. The zero-order chi connectivity index (χ0) is 22.1. The van der Waals surface area contributed by atoms with Crippen LogP contribution in [0.2, 0.25) is 0 Å². The van der Waals surface area contributed by atoms with E-state index in [1.54, 1.807) is 6.20 Å². The summed E-state index contributed by atoms with van der Waals surface area (Å²) in [4.78, 5) is 4.58. The first kappa shape index (κ1) is 19.4. The fraction of sp³-hybridized carbons (Fsp3) is 0.0400. The Morgan fingerprint density at radius 1 is 0.875 bits per heavy atom. The van der Waals surface area contributed by atoms with E-state index in [0.29, 0.717) is 39.8 Å². The molecule has 1 aliphatic rings. The van der Waals surface area contributed by atoms with Gasteiger partial charge in [-0.25, -0.2) is 0 Å². The van der Waals surface area contributed by atoms with Crippen molar-refractivity contribution >= 4 is 11.5 Å². The summed E-state index contributed by atoms with van der Waals surface area (Å²) in [6.07, 6.45) is 1.68. The first-order chi connectivity index (χ1) is 15.6. The Labute approximate surface area is 184 Å². The number of aromatic nitrogens is 1. The van der Waals surface area contributed by atoms with E-state index in [9.17, 15) is 0 Å². The van der Waals surface area contributed by atoms with E-state index in [4.69, 9.17) is 31.1 Å². The first-order valence-electron chi connectivity index (χ1n) is 9.96. The number of para-hydroxylation sites is 1. The molecule has 0 saturated carbocycles. The van der Waals surface area contributed by atoms with Crippen molar-refractivity contribution in [1.82, 2.24) is 4.98 Å². The van der Waals surface area contributed by atoms with Gasteiger partial charge in [-0.15, -0.1) is 0 Å². The van der Waals surface area contributed by atoms with Crippen LogP contribution in [0.5, 0.6) is 23.0 Å². The molecule has 1 aromatic heterocycles. The summed E-state index contributed by atoms with van der Waals surface area (Å²) in [7, 11) is 0. The first-order valence-corrected chi connectivity index (χ1v) is 9.96. The van der Waals surface area contributed by atoms with Gasteiger partial charge in [0.15, 0.2) is 11.5 Å². The topological polar surface area (TPSA) is 116 Å². The molecule has 0 bridgehead atoms. The Hall–Kier alpha value is -4.52. The molecule has 3 aromatic carbocycles. The van der Waals surface area contributed by atoms with Crippen LogP contribution in [-0.4, -0.2) is 17.6 Å². The molecule has 1 aliphatic heterocycles. The van der Waals surface area contributed by atoms with Crippen molar-refractivity contribution in [3.05, 3.63) is 84.6 Å². The monoisotopic (exact) mass is 424 g/mol. The Kier molecular flexibility index (Phi) is 4.84. The van der Waals surface area contributed by atoms with E-state index in [1.807, 2.05) is 72.8 Å². The molecular weight excluding hydrogens is 404 g/mol. The lowest BCUT2D eigenvalue weighted by Crippen LogP contribution is -2.16. The van der Waals surface area contributed by atoms with Crippen LogP contribution in [0.25, 0.3) is 22.4 Å². The lowest BCUT2D eigenvalue weighted by Gasteiger charge is -2.15. The zero-order valence-electron chi connectivity index (χ0n) is 17.0. The summed E-state index contributed by atoms with van der Waals surface area (Å²) < 4.78 is 16.7. The van der Waals surface area contributed by atoms with Gasteiger partial charge in [0.2, 0.25) is 6.79 Å². The average Bonchev–Trinajstić information content (AvgIpc) is 3.28. The second kappa shape index (κ2) is 7.96. The summed E-state index contributed by atoms with van der Waals surface area (Å²) in [5, 5.41) is 8.14. The molecule has 5 rings (SSSR count). The molecule has 0 spiro atoms. The predicted octanol–water partition coefficient (Wildman–Crippen LogP) is 4.80. The van der Waals surface area contributed by atoms with Gasteiger partial charge >= 0.3 is 0 Å². The molecule has 32 heavy (non-hydrogen) atoms. The highest BCUT2D eigenvalue weighted by atomic mass is 16.7. The molecule has 0 unspecified atom stereocenters. The van der Waals surface area contributed by atoms with Crippen LogP contribution in [0.4, 0.5) is 5.69 Å². The van der Waals surface area contributed by atoms with Crippen molar-refractivity contribution in [1.29, 1.82) is 5.41 Å². The summed E-state index contributed by atoms with van der Waals surface area (Å²) >= 11 is 0. The van der Waals surface area contributed by atoms with Crippen molar-refractivity contribution in [2.75, 3.05) is 12.5 Å². The molecule has 0 atom stereocenters. The molecule has 5 N–H and O–H groups in total. The number of rotatable bonds is 5. The van der Waals surface area contributed by atoms with Gasteiger partial charge in [-0.1, -0.05) is 30.3 Å². The number of fused-ring (bicyclic) bond motifs is 1. The molecule has 0 amide bonds. The van der Waals surface area contributed by atoms with E-state index in [-0.39, 0.29) is 12.6 Å². The number of hydrogen-bond acceptors (Lipinski definition) is 6. The number of hydrogen-bond donors (Lipinski definition) is 3. The van der Waals surface area contributed by atoms with E-state index >= 15 is 0 Å². The lowest BCUT2D eigenvalue weighted by atomic mass is 9.96. The van der Waals surface area contributed by atoms with Gasteiger partial charge in [0.05, 0.1) is 16.9 Å². The lowest BCUT2D eigenvalue weighted by molar-refractivity contribution is 0.174. The second-order valence-corrected chi connectivity index (χ2v) is 7.23. The number of nitrogens with one attached hydrogen (secondary N) is 1. The number of benzene rings is 3. The largest absolute Gasteiger partial charge is 0.457 e. The molecular formula is C25H20N4O3. The molecule has 7 nitrogen and oxygen atoms in total. The van der Waals surface area contributed by atoms with Gasteiger partial charge in [-0.2, -0.15) is 0 Å². The van der Waals surface area contributed by atoms with Gasteiger partial charge in [-0.3, -0.25) is 10.4 Å². The fourth-order valence-electron chi connectivity index (χ4n) is 3.64. The third-order valence-corrected chi connectivity index (χ3v) is 5.18. The third-order valence-electron chi connectivity index (χ3n) is 5.18. The van der Waals surface area contributed by atoms with Crippen LogP contribution in [0.1, 0.15) is 5.56 Å². The minimum Gasteiger partial charge on any atom is -0.457 e. The van der Waals surface area contributed by atoms with Gasteiger partial charge in [-0.05, 0) is 48.0 Å². The molecule has 0 saturated heterocycles. The normalized spacial score (nSPS) is 11.9. The van der Waals surface area contributed by atoms with E-state index in [0.717, 1.165) is 16.9 Å². The summed E-state index contributed by atoms with van der Waals surface area (Å²) in [5.41, 5.74) is 15.9. The Balaban J connectivity index is 1.50. The van der Waals surface area contributed by atoms with Gasteiger partial charge in [0, 0.05) is 17.3 Å². The average molecular weight is 424 g/mol. The number of nitrogen functional groups attached to an aromatic ring is 2. The van der Waals surface area contributed by atoms with Gasteiger partial charge < -0.3 is 25.7 Å². The Morgan fingerprint density at radius 3 is 2.31 bits per heavy atom. The molecule has 158 valence electrons. The van der Waals surface area contributed by atoms with Crippen molar-refractivity contribution in [3.63, 3.8) is 0 Å². The van der Waals surface area contributed by atoms with Gasteiger partial charge in [0.1, 0.15) is 17.3 Å². The van der Waals surface area contributed by atoms with Crippen molar-refractivity contribution in [2.45, 2.75) is 0 Å². The maximum Gasteiger partial charge on any atom is 0.231 e. The predicted molar refractivity (Wildman–Crippen MR) is 123 cm³/mol. The number of ether oxygens (including phenoxy) is 3. The van der Waals surface area contributed by atoms with E-state index in [2.05, 4.69) is 4.98 Å².